The van der Waals surface area contributed by atoms with Gasteiger partial charge in [0.15, 0.2) is 5.76 Å². The standard InChI is InChI=1S/C18H16ClF3N4O2/c19-14-8-12(18(20,21)22)10-23-17(14)26-5-3-25(4-6-26)11-13-9-16(28-24-13)15-2-1-7-27-15/h1-2,7-10H,3-6,11H2. The first kappa shape index (κ1) is 18.8. The molecular formula is C18H16ClF3N4O2. The van der Waals surface area contributed by atoms with Crippen LogP contribution in [0.25, 0.3) is 11.5 Å². The van der Waals surface area contributed by atoms with Crippen LogP contribution in [-0.4, -0.2) is 41.2 Å². The highest BCUT2D eigenvalue weighted by molar-refractivity contribution is 6.33. The molecule has 0 saturated carbocycles. The van der Waals surface area contributed by atoms with Crippen molar-refractivity contribution in [3.63, 3.8) is 0 Å². The van der Waals surface area contributed by atoms with E-state index in [-0.39, 0.29) is 5.02 Å². The van der Waals surface area contributed by atoms with Gasteiger partial charge in [-0.15, -0.1) is 0 Å². The Kier molecular flexibility index (Phi) is 5.03. The van der Waals surface area contributed by atoms with Crippen molar-refractivity contribution < 1.29 is 22.1 Å². The fourth-order valence-electron chi connectivity index (χ4n) is 3.09. The fraction of sp³-hybridized carbons (Fsp3) is 0.333. The Balaban J connectivity index is 1.36. The predicted octanol–water partition coefficient (Wildman–Crippen LogP) is 4.32. The van der Waals surface area contributed by atoms with Crippen molar-refractivity contribution in [2.24, 2.45) is 0 Å². The minimum Gasteiger partial charge on any atom is -0.461 e. The molecule has 0 spiro atoms. The van der Waals surface area contributed by atoms with E-state index in [0.29, 0.717) is 50.1 Å². The van der Waals surface area contributed by atoms with E-state index in [2.05, 4.69) is 15.0 Å². The molecular weight excluding hydrogens is 397 g/mol. The third-order valence-electron chi connectivity index (χ3n) is 4.53. The lowest BCUT2D eigenvalue weighted by Crippen LogP contribution is -2.46. The molecule has 0 atom stereocenters. The zero-order valence-electron chi connectivity index (χ0n) is 14.6. The SMILES string of the molecule is FC(F)(F)c1cnc(N2CCN(Cc3cc(-c4ccco4)on3)CC2)c(Cl)c1. The third kappa shape index (κ3) is 4.00. The Bertz CT molecular complexity index is 935. The second-order valence-corrected chi connectivity index (χ2v) is 6.86. The van der Waals surface area contributed by atoms with Crippen LogP contribution in [-0.2, 0) is 12.7 Å². The largest absolute Gasteiger partial charge is 0.461 e. The number of aromatic nitrogens is 2. The van der Waals surface area contributed by atoms with E-state index in [4.69, 9.17) is 20.5 Å². The Morgan fingerprint density at radius 2 is 1.89 bits per heavy atom. The van der Waals surface area contributed by atoms with Crippen molar-refractivity contribution in [2.45, 2.75) is 12.7 Å². The summed E-state index contributed by atoms with van der Waals surface area (Å²) in [7, 11) is 0. The molecule has 0 bridgehead atoms. The van der Waals surface area contributed by atoms with E-state index in [1.165, 1.54) is 0 Å². The zero-order valence-corrected chi connectivity index (χ0v) is 15.4. The molecule has 0 aliphatic carbocycles. The Morgan fingerprint density at radius 3 is 2.54 bits per heavy atom. The van der Waals surface area contributed by atoms with Crippen LogP contribution in [0.4, 0.5) is 19.0 Å². The summed E-state index contributed by atoms with van der Waals surface area (Å²) in [6, 6.07) is 6.32. The summed E-state index contributed by atoms with van der Waals surface area (Å²) in [5.74, 6) is 1.56. The Labute approximate surface area is 163 Å². The van der Waals surface area contributed by atoms with Crippen LogP contribution in [0.15, 0.2) is 45.7 Å². The van der Waals surface area contributed by atoms with Gasteiger partial charge >= 0.3 is 6.18 Å². The van der Waals surface area contributed by atoms with Crippen molar-refractivity contribution in [2.75, 3.05) is 31.1 Å². The van der Waals surface area contributed by atoms with E-state index < -0.39 is 11.7 Å². The van der Waals surface area contributed by atoms with E-state index in [0.717, 1.165) is 18.0 Å². The zero-order chi connectivity index (χ0) is 19.7. The topological polar surface area (TPSA) is 58.5 Å². The van der Waals surface area contributed by atoms with E-state index in [1.807, 2.05) is 11.0 Å². The van der Waals surface area contributed by atoms with E-state index >= 15 is 0 Å². The normalized spacial score (nSPS) is 15.9. The average Bonchev–Trinajstić information content (AvgIpc) is 3.33. The monoisotopic (exact) mass is 412 g/mol. The molecule has 0 N–H and O–H groups in total. The van der Waals surface area contributed by atoms with Crippen LogP contribution in [0, 0.1) is 0 Å². The van der Waals surface area contributed by atoms with Gasteiger partial charge in [-0.05, 0) is 18.2 Å². The molecule has 4 heterocycles. The van der Waals surface area contributed by atoms with E-state index in [9.17, 15) is 13.2 Å². The number of hydrogen-bond donors (Lipinski definition) is 0. The molecule has 0 amide bonds. The number of furan rings is 1. The first-order valence-electron chi connectivity index (χ1n) is 8.59. The molecule has 3 aromatic heterocycles. The molecule has 1 aliphatic rings. The van der Waals surface area contributed by atoms with Gasteiger partial charge in [0.1, 0.15) is 5.82 Å². The van der Waals surface area contributed by atoms with Crippen LogP contribution >= 0.6 is 11.6 Å². The lowest BCUT2D eigenvalue weighted by Gasteiger charge is -2.35. The molecule has 1 fully saturated rings. The van der Waals surface area contributed by atoms with Gasteiger partial charge in [0.2, 0.25) is 5.76 Å². The average molecular weight is 413 g/mol. The van der Waals surface area contributed by atoms with Crippen LogP contribution < -0.4 is 4.90 Å². The summed E-state index contributed by atoms with van der Waals surface area (Å²) in [5.41, 5.74) is -0.0659. The third-order valence-corrected chi connectivity index (χ3v) is 4.81. The molecule has 0 radical (unpaired) electrons. The van der Waals surface area contributed by atoms with Crippen molar-refractivity contribution in [1.82, 2.24) is 15.0 Å². The number of piperazine rings is 1. The maximum absolute atomic E-state index is 12.8. The molecule has 3 aromatic rings. The first-order chi connectivity index (χ1) is 13.4. The molecule has 1 saturated heterocycles. The van der Waals surface area contributed by atoms with Crippen LogP contribution in [0.5, 0.6) is 0 Å². The Hall–Kier alpha value is -2.52. The number of rotatable bonds is 4. The molecule has 4 rings (SSSR count). The van der Waals surface area contributed by atoms with Gasteiger partial charge in [-0.25, -0.2) is 4.98 Å². The van der Waals surface area contributed by atoms with Gasteiger partial charge in [0.25, 0.3) is 0 Å². The van der Waals surface area contributed by atoms with Gasteiger partial charge in [-0.2, -0.15) is 13.2 Å². The van der Waals surface area contributed by atoms with Crippen LogP contribution in [0.1, 0.15) is 11.3 Å². The fourth-order valence-corrected chi connectivity index (χ4v) is 3.37. The molecule has 1 aliphatic heterocycles. The summed E-state index contributed by atoms with van der Waals surface area (Å²) >= 11 is 6.04. The van der Waals surface area contributed by atoms with Crippen molar-refractivity contribution in [3.8, 4) is 11.5 Å². The number of hydrogen-bond acceptors (Lipinski definition) is 6. The Morgan fingerprint density at radius 1 is 1.11 bits per heavy atom. The second kappa shape index (κ2) is 7.48. The minimum atomic E-state index is -4.46. The smallest absolute Gasteiger partial charge is 0.417 e. The molecule has 28 heavy (non-hydrogen) atoms. The predicted molar refractivity (Wildman–Crippen MR) is 95.9 cm³/mol. The van der Waals surface area contributed by atoms with Crippen LogP contribution in [0.2, 0.25) is 5.02 Å². The summed E-state index contributed by atoms with van der Waals surface area (Å²) in [6.45, 7) is 3.19. The molecule has 148 valence electrons. The molecule has 10 heteroatoms. The number of halogens is 4. The van der Waals surface area contributed by atoms with Gasteiger partial charge in [-0.3, -0.25) is 4.90 Å². The highest BCUT2D eigenvalue weighted by Crippen LogP contribution is 2.33. The second-order valence-electron chi connectivity index (χ2n) is 6.45. The number of anilines is 1. The summed E-state index contributed by atoms with van der Waals surface area (Å²) < 4.78 is 48.8. The van der Waals surface area contributed by atoms with Gasteiger partial charge in [-0.1, -0.05) is 16.8 Å². The molecule has 0 aromatic carbocycles. The highest BCUT2D eigenvalue weighted by atomic mass is 35.5. The first-order valence-corrected chi connectivity index (χ1v) is 8.97. The van der Waals surface area contributed by atoms with E-state index in [1.54, 1.807) is 18.4 Å². The molecule has 0 unspecified atom stereocenters. The highest BCUT2D eigenvalue weighted by Gasteiger charge is 2.32. The summed E-state index contributed by atoms with van der Waals surface area (Å²) in [5, 5.41) is 4.06. The maximum Gasteiger partial charge on any atom is 0.417 e. The number of alkyl halides is 3. The van der Waals surface area contributed by atoms with Crippen molar-refractivity contribution in [1.29, 1.82) is 0 Å². The summed E-state index contributed by atoms with van der Waals surface area (Å²) in [6.07, 6.45) is -2.07. The lowest BCUT2D eigenvalue weighted by molar-refractivity contribution is -0.137. The van der Waals surface area contributed by atoms with Gasteiger partial charge in [0.05, 0.1) is 22.5 Å². The summed E-state index contributed by atoms with van der Waals surface area (Å²) in [4.78, 5) is 7.99. The van der Waals surface area contributed by atoms with Crippen molar-refractivity contribution >= 4 is 17.4 Å². The van der Waals surface area contributed by atoms with Gasteiger partial charge < -0.3 is 13.8 Å². The number of pyridine rings is 1. The molecule has 6 nitrogen and oxygen atoms in total. The maximum atomic E-state index is 12.8. The van der Waals surface area contributed by atoms with Crippen molar-refractivity contribution in [3.05, 3.63) is 53.0 Å². The lowest BCUT2D eigenvalue weighted by atomic mass is 10.2. The minimum absolute atomic E-state index is 0.00265. The quantitative estimate of drug-likeness (QED) is 0.636. The van der Waals surface area contributed by atoms with Crippen LogP contribution in [0.3, 0.4) is 0 Å². The van der Waals surface area contributed by atoms with Gasteiger partial charge in [0, 0.05) is 45.0 Å². The number of nitrogens with zero attached hydrogens (tertiary/aromatic N) is 4.